The zero-order valence-electron chi connectivity index (χ0n) is 7.19. The van der Waals surface area contributed by atoms with Crippen molar-refractivity contribution in [2.45, 2.75) is 19.9 Å². The first-order valence-electron chi connectivity index (χ1n) is 3.82. The molecular weight excluding hydrogens is 156 g/mol. The SMILES string of the molecule is CC(=O)c1ccnn1[C@@H](C)CO. The summed E-state index contributed by atoms with van der Waals surface area (Å²) in [6.45, 7) is 3.28. The van der Waals surface area contributed by atoms with E-state index in [1.165, 1.54) is 11.6 Å². The van der Waals surface area contributed by atoms with Gasteiger partial charge in [0.05, 0.1) is 12.6 Å². The van der Waals surface area contributed by atoms with Gasteiger partial charge in [0, 0.05) is 13.1 Å². The van der Waals surface area contributed by atoms with Crippen LogP contribution in [0, 0.1) is 0 Å². The van der Waals surface area contributed by atoms with Crippen molar-refractivity contribution in [3.05, 3.63) is 18.0 Å². The first kappa shape index (κ1) is 8.93. The van der Waals surface area contributed by atoms with E-state index in [0.29, 0.717) is 5.69 Å². The van der Waals surface area contributed by atoms with Crippen LogP contribution in [-0.2, 0) is 0 Å². The van der Waals surface area contributed by atoms with Crippen molar-refractivity contribution in [2.75, 3.05) is 6.61 Å². The lowest BCUT2D eigenvalue weighted by atomic mass is 10.3. The van der Waals surface area contributed by atoms with Crippen LogP contribution in [0.25, 0.3) is 0 Å². The van der Waals surface area contributed by atoms with Gasteiger partial charge in [-0.1, -0.05) is 0 Å². The third-order valence-corrected chi connectivity index (χ3v) is 1.71. The second kappa shape index (κ2) is 3.49. The Morgan fingerprint density at radius 1 is 1.83 bits per heavy atom. The van der Waals surface area contributed by atoms with Crippen molar-refractivity contribution in [3.8, 4) is 0 Å². The zero-order chi connectivity index (χ0) is 9.14. The number of nitrogens with zero attached hydrogens (tertiary/aromatic N) is 2. The quantitative estimate of drug-likeness (QED) is 0.674. The highest BCUT2D eigenvalue weighted by Gasteiger charge is 2.11. The van der Waals surface area contributed by atoms with Crippen molar-refractivity contribution in [1.82, 2.24) is 9.78 Å². The van der Waals surface area contributed by atoms with Gasteiger partial charge < -0.3 is 5.11 Å². The summed E-state index contributed by atoms with van der Waals surface area (Å²) in [6, 6.07) is 1.51. The number of carbonyl (C=O) groups is 1. The Labute approximate surface area is 70.8 Å². The van der Waals surface area contributed by atoms with Crippen LogP contribution in [0.5, 0.6) is 0 Å². The molecule has 0 amide bonds. The Kier molecular flexibility index (Phi) is 2.60. The van der Waals surface area contributed by atoms with Gasteiger partial charge in [0.15, 0.2) is 5.78 Å². The molecule has 1 aromatic heterocycles. The first-order chi connectivity index (χ1) is 5.66. The van der Waals surface area contributed by atoms with E-state index in [1.807, 2.05) is 0 Å². The van der Waals surface area contributed by atoms with Crippen molar-refractivity contribution in [2.24, 2.45) is 0 Å². The van der Waals surface area contributed by atoms with E-state index in [-0.39, 0.29) is 18.4 Å². The Bertz CT molecular complexity index is 280. The molecule has 0 aromatic carbocycles. The summed E-state index contributed by atoms with van der Waals surface area (Å²) in [7, 11) is 0. The molecule has 0 fully saturated rings. The molecule has 0 aliphatic carbocycles. The monoisotopic (exact) mass is 168 g/mol. The van der Waals surface area contributed by atoms with Gasteiger partial charge in [0.25, 0.3) is 0 Å². The summed E-state index contributed by atoms with van der Waals surface area (Å²) in [5, 5.41) is 12.8. The minimum absolute atomic E-state index is 0.0119. The van der Waals surface area contributed by atoms with E-state index >= 15 is 0 Å². The molecule has 4 nitrogen and oxygen atoms in total. The molecule has 66 valence electrons. The molecule has 4 heteroatoms. The summed E-state index contributed by atoms with van der Waals surface area (Å²) in [5.74, 6) is -0.0344. The minimum atomic E-state index is -0.140. The molecule has 0 aliphatic rings. The fraction of sp³-hybridized carbons (Fsp3) is 0.500. The predicted molar refractivity (Wildman–Crippen MR) is 44.0 cm³/mol. The van der Waals surface area contributed by atoms with Gasteiger partial charge in [-0.05, 0) is 13.0 Å². The van der Waals surface area contributed by atoms with Crippen LogP contribution in [-0.4, -0.2) is 27.3 Å². The second-order valence-corrected chi connectivity index (χ2v) is 2.75. The Morgan fingerprint density at radius 2 is 2.50 bits per heavy atom. The number of rotatable bonds is 3. The molecular formula is C8H12N2O2. The predicted octanol–water partition coefficient (Wildman–Crippen LogP) is 0.639. The average Bonchev–Trinajstić information content (AvgIpc) is 2.50. The third kappa shape index (κ3) is 1.53. The van der Waals surface area contributed by atoms with Gasteiger partial charge in [-0.2, -0.15) is 5.10 Å². The number of ketones is 1. The lowest BCUT2D eigenvalue weighted by Gasteiger charge is -2.10. The number of aromatic nitrogens is 2. The Morgan fingerprint density at radius 3 is 3.00 bits per heavy atom. The molecule has 1 rings (SSSR count). The van der Waals surface area contributed by atoms with E-state index in [2.05, 4.69) is 5.10 Å². The van der Waals surface area contributed by atoms with Crippen molar-refractivity contribution in [3.63, 3.8) is 0 Å². The topological polar surface area (TPSA) is 55.1 Å². The largest absolute Gasteiger partial charge is 0.394 e. The van der Waals surface area contributed by atoms with Crippen LogP contribution in [0.4, 0.5) is 0 Å². The molecule has 1 N–H and O–H groups in total. The Hall–Kier alpha value is -1.16. The van der Waals surface area contributed by atoms with E-state index in [1.54, 1.807) is 19.2 Å². The molecule has 0 saturated heterocycles. The molecule has 0 saturated carbocycles. The van der Waals surface area contributed by atoms with Gasteiger partial charge in [0.1, 0.15) is 5.69 Å². The van der Waals surface area contributed by atoms with Crippen LogP contribution < -0.4 is 0 Å². The van der Waals surface area contributed by atoms with Crippen LogP contribution >= 0.6 is 0 Å². The van der Waals surface area contributed by atoms with Crippen LogP contribution in [0.15, 0.2) is 12.3 Å². The third-order valence-electron chi connectivity index (χ3n) is 1.71. The maximum atomic E-state index is 11.0. The Balaban J connectivity index is 2.98. The van der Waals surface area contributed by atoms with E-state index in [4.69, 9.17) is 5.11 Å². The average molecular weight is 168 g/mol. The molecule has 0 aliphatic heterocycles. The van der Waals surface area contributed by atoms with Gasteiger partial charge >= 0.3 is 0 Å². The fourth-order valence-electron chi connectivity index (χ4n) is 1.02. The molecule has 0 spiro atoms. The van der Waals surface area contributed by atoms with Crippen molar-refractivity contribution >= 4 is 5.78 Å². The van der Waals surface area contributed by atoms with Crippen LogP contribution in [0.3, 0.4) is 0 Å². The maximum Gasteiger partial charge on any atom is 0.177 e. The van der Waals surface area contributed by atoms with E-state index < -0.39 is 0 Å². The van der Waals surface area contributed by atoms with Crippen LogP contribution in [0.1, 0.15) is 30.4 Å². The fourth-order valence-corrected chi connectivity index (χ4v) is 1.02. The smallest absolute Gasteiger partial charge is 0.177 e. The normalized spacial score (nSPS) is 12.9. The molecule has 12 heavy (non-hydrogen) atoms. The summed E-state index contributed by atoms with van der Waals surface area (Å²) in [6.07, 6.45) is 1.56. The first-order valence-corrected chi connectivity index (χ1v) is 3.82. The van der Waals surface area contributed by atoms with Gasteiger partial charge in [-0.3, -0.25) is 9.48 Å². The molecule has 1 aromatic rings. The maximum absolute atomic E-state index is 11.0. The summed E-state index contributed by atoms with van der Waals surface area (Å²) in [5.41, 5.74) is 0.538. The minimum Gasteiger partial charge on any atom is -0.394 e. The summed E-state index contributed by atoms with van der Waals surface area (Å²) >= 11 is 0. The molecule has 1 heterocycles. The highest BCUT2D eigenvalue weighted by Crippen LogP contribution is 2.08. The van der Waals surface area contributed by atoms with Crippen molar-refractivity contribution < 1.29 is 9.90 Å². The van der Waals surface area contributed by atoms with Gasteiger partial charge in [0.2, 0.25) is 0 Å². The number of hydrogen-bond acceptors (Lipinski definition) is 3. The lowest BCUT2D eigenvalue weighted by Crippen LogP contribution is -2.15. The number of hydrogen-bond donors (Lipinski definition) is 1. The van der Waals surface area contributed by atoms with Gasteiger partial charge in [-0.25, -0.2) is 0 Å². The molecule has 0 bridgehead atoms. The zero-order valence-corrected chi connectivity index (χ0v) is 7.19. The summed E-state index contributed by atoms with van der Waals surface area (Å²) < 4.78 is 1.53. The summed E-state index contributed by atoms with van der Waals surface area (Å²) in [4.78, 5) is 11.0. The highest BCUT2D eigenvalue weighted by atomic mass is 16.3. The van der Waals surface area contributed by atoms with E-state index in [9.17, 15) is 4.79 Å². The molecule has 0 radical (unpaired) electrons. The molecule has 1 atom stereocenters. The number of aliphatic hydroxyl groups excluding tert-OH is 1. The second-order valence-electron chi connectivity index (χ2n) is 2.75. The standard InChI is InChI=1S/C8H12N2O2/c1-6(5-11)10-8(7(2)12)3-4-9-10/h3-4,6,11H,5H2,1-2H3/t6-/m0/s1. The molecule has 0 unspecified atom stereocenters. The number of aliphatic hydroxyl groups is 1. The van der Waals surface area contributed by atoms with Crippen molar-refractivity contribution in [1.29, 1.82) is 0 Å². The van der Waals surface area contributed by atoms with Crippen LogP contribution in [0.2, 0.25) is 0 Å². The highest BCUT2D eigenvalue weighted by molar-refractivity contribution is 5.92. The number of carbonyl (C=O) groups excluding carboxylic acids is 1. The number of Topliss-reactive ketones (excluding diaryl/α,β-unsaturated/α-hetero) is 1. The lowest BCUT2D eigenvalue weighted by molar-refractivity contribution is 0.0997. The van der Waals surface area contributed by atoms with E-state index in [0.717, 1.165) is 0 Å². The van der Waals surface area contributed by atoms with Gasteiger partial charge in [-0.15, -0.1) is 0 Å².